The maximum Gasteiger partial charge on any atom is 0.161 e. The standard InChI is InChI=1S/C16H24ClNO2/c1-2-19-15-5-3-4-6-16(15)20-10-9-18-12-13-7-8-14(17)11-13/h3-6,13-14,18H,2,7-12H2,1H3. The van der Waals surface area contributed by atoms with Crippen LogP contribution in [0.15, 0.2) is 24.3 Å². The largest absolute Gasteiger partial charge is 0.490 e. The average molecular weight is 298 g/mol. The van der Waals surface area contributed by atoms with Crippen LogP contribution < -0.4 is 14.8 Å². The lowest BCUT2D eigenvalue weighted by molar-refractivity contribution is 0.274. The van der Waals surface area contributed by atoms with E-state index in [-0.39, 0.29) is 0 Å². The van der Waals surface area contributed by atoms with Crippen molar-refractivity contribution in [2.75, 3.05) is 26.3 Å². The van der Waals surface area contributed by atoms with Crippen molar-refractivity contribution in [2.45, 2.75) is 31.6 Å². The molecular formula is C16H24ClNO2. The van der Waals surface area contributed by atoms with Crippen LogP contribution in [0.2, 0.25) is 0 Å². The second kappa shape index (κ2) is 8.38. The summed E-state index contributed by atoms with van der Waals surface area (Å²) in [6.45, 7) is 5.18. The third-order valence-electron chi connectivity index (χ3n) is 3.60. The monoisotopic (exact) mass is 297 g/mol. The van der Waals surface area contributed by atoms with E-state index in [0.717, 1.165) is 43.3 Å². The topological polar surface area (TPSA) is 30.5 Å². The quantitative estimate of drug-likeness (QED) is 0.589. The zero-order valence-electron chi connectivity index (χ0n) is 12.1. The molecule has 0 saturated heterocycles. The Morgan fingerprint density at radius 3 is 2.60 bits per heavy atom. The van der Waals surface area contributed by atoms with Crippen molar-refractivity contribution in [3.05, 3.63) is 24.3 Å². The first-order valence-corrected chi connectivity index (χ1v) is 7.92. The van der Waals surface area contributed by atoms with Crippen LogP contribution in [0, 0.1) is 5.92 Å². The summed E-state index contributed by atoms with van der Waals surface area (Å²) in [6.07, 6.45) is 3.55. The Bertz CT molecular complexity index is 400. The molecule has 1 aliphatic carbocycles. The molecule has 20 heavy (non-hydrogen) atoms. The van der Waals surface area contributed by atoms with Gasteiger partial charge in [-0.05, 0) is 50.8 Å². The van der Waals surface area contributed by atoms with Crippen LogP contribution in [-0.4, -0.2) is 31.7 Å². The Hall–Kier alpha value is -0.930. The molecule has 0 radical (unpaired) electrons. The third kappa shape index (κ3) is 4.88. The lowest BCUT2D eigenvalue weighted by Crippen LogP contribution is -2.26. The van der Waals surface area contributed by atoms with Gasteiger partial charge in [-0.1, -0.05) is 12.1 Å². The Morgan fingerprint density at radius 1 is 1.20 bits per heavy atom. The smallest absolute Gasteiger partial charge is 0.161 e. The highest BCUT2D eigenvalue weighted by Gasteiger charge is 2.22. The molecule has 1 saturated carbocycles. The molecule has 2 rings (SSSR count). The van der Waals surface area contributed by atoms with Crippen molar-refractivity contribution in [2.24, 2.45) is 5.92 Å². The predicted molar refractivity (Wildman–Crippen MR) is 83.0 cm³/mol. The molecule has 1 aliphatic rings. The minimum absolute atomic E-state index is 0.385. The minimum atomic E-state index is 0.385. The molecule has 2 unspecified atom stereocenters. The molecule has 0 aliphatic heterocycles. The molecule has 1 fully saturated rings. The normalized spacial score (nSPS) is 21.9. The molecule has 1 N–H and O–H groups in total. The summed E-state index contributed by atoms with van der Waals surface area (Å²) in [5.41, 5.74) is 0. The number of halogens is 1. The zero-order valence-corrected chi connectivity index (χ0v) is 12.9. The molecule has 0 aromatic heterocycles. The lowest BCUT2D eigenvalue weighted by Gasteiger charge is -2.13. The van der Waals surface area contributed by atoms with Gasteiger partial charge >= 0.3 is 0 Å². The SMILES string of the molecule is CCOc1ccccc1OCCNCC1CCC(Cl)C1. The summed E-state index contributed by atoms with van der Waals surface area (Å²) >= 11 is 6.11. The van der Waals surface area contributed by atoms with E-state index in [4.69, 9.17) is 21.1 Å². The van der Waals surface area contributed by atoms with Gasteiger partial charge in [-0.2, -0.15) is 0 Å². The van der Waals surface area contributed by atoms with Crippen molar-refractivity contribution in [1.82, 2.24) is 5.32 Å². The van der Waals surface area contributed by atoms with Gasteiger partial charge in [-0.3, -0.25) is 0 Å². The first-order valence-electron chi connectivity index (χ1n) is 7.49. The zero-order chi connectivity index (χ0) is 14.2. The van der Waals surface area contributed by atoms with Crippen LogP contribution >= 0.6 is 11.6 Å². The number of hydrogen-bond donors (Lipinski definition) is 1. The van der Waals surface area contributed by atoms with E-state index in [1.54, 1.807) is 0 Å². The van der Waals surface area contributed by atoms with Crippen LogP contribution in [0.4, 0.5) is 0 Å². The molecule has 0 heterocycles. The molecule has 1 aromatic carbocycles. The summed E-state index contributed by atoms with van der Waals surface area (Å²) in [5.74, 6) is 2.36. The fraction of sp³-hybridized carbons (Fsp3) is 0.625. The van der Waals surface area contributed by atoms with Crippen LogP contribution in [-0.2, 0) is 0 Å². The molecular weight excluding hydrogens is 274 g/mol. The minimum Gasteiger partial charge on any atom is -0.490 e. The first-order chi connectivity index (χ1) is 9.79. The Balaban J connectivity index is 1.63. The van der Waals surface area contributed by atoms with Gasteiger partial charge in [0.2, 0.25) is 0 Å². The summed E-state index contributed by atoms with van der Waals surface area (Å²) in [4.78, 5) is 0. The van der Waals surface area contributed by atoms with Crippen molar-refractivity contribution in [1.29, 1.82) is 0 Å². The molecule has 0 amide bonds. The molecule has 2 atom stereocenters. The first kappa shape index (κ1) is 15.5. The van der Waals surface area contributed by atoms with Crippen LogP contribution in [0.5, 0.6) is 11.5 Å². The van der Waals surface area contributed by atoms with E-state index >= 15 is 0 Å². The predicted octanol–water partition coefficient (Wildman–Crippen LogP) is 3.46. The van der Waals surface area contributed by atoms with Crippen LogP contribution in [0.25, 0.3) is 0 Å². The number of alkyl halides is 1. The van der Waals surface area contributed by atoms with Gasteiger partial charge in [-0.25, -0.2) is 0 Å². The van der Waals surface area contributed by atoms with Crippen molar-refractivity contribution in [3.8, 4) is 11.5 Å². The maximum atomic E-state index is 6.11. The molecule has 112 valence electrons. The van der Waals surface area contributed by atoms with Gasteiger partial charge in [-0.15, -0.1) is 11.6 Å². The maximum absolute atomic E-state index is 6.11. The van der Waals surface area contributed by atoms with E-state index in [0.29, 0.717) is 18.6 Å². The van der Waals surface area contributed by atoms with Gasteiger partial charge < -0.3 is 14.8 Å². The van der Waals surface area contributed by atoms with Gasteiger partial charge in [0.25, 0.3) is 0 Å². The third-order valence-corrected chi connectivity index (χ3v) is 3.99. The number of rotatable bonds is 8. The Labute approximate surface area is 126 Å². The highest BCUT2D eigenvalue weighted by molar-refractivity contribution is 6.20. The molecule has 0 bridgehead atoms. The van der Waals surface area contributed by atoms with E-state index in [1.165, 1.54) is 6.42 Å². The second-order valence-electron chi connectivity index (χ2n) is 5.21. The van der Waals surface area contributed by atoms with Gasteiger partial charge in [0, 0.05) is 11.9 Å². The molecule has 0 spiro atoms. The second-order valence-corrected chi connectivity index (χ2v) is 5.83. The van der Waals surface area contributed by atoms with E-state index in [2.05, 4.69) is 5.32 Å². The van der Waals surface area contributed by atoms with Crippen LogP contribution in [0.3, 0.4) is 0 Å². The number of benzene rings is 1. The number of ether oxygens (including phenoxy) is 2. The molecule has 4 heteroatoms. The summed E-state index contributed by atoms with van der Waals surface area (Å²) in [7, 11) is 0. The number of para-hydroxylation sites is 2. The highest BCUT2D eigenvalue weighted by atomic mass is 35.5. The lowest BCUT2D eigenvalue weighted by atomic mass is 10.1. The van der Waals surface area contributed by atoms with Crippen molar-refractivity contribution in [3.63, 3.8) is 0 Å². The van der Waals surface area contributed by atoms with E-state index in [1.807, 2.05) is 31.2 Å². The fourth-order valence-electron chi connectivity index (χ4n) is 2.58. The summed E-state index contributed by atoms with van der Waals surface area (Å²) in [6, 6.07) is 7.80. The average Bonchev–Trinajstić information content (AvgIpc) is 2.86. The van der Waals surface area contributed by atoms with Crippen molar-refractivity contribution >= 4 is 11.6 Å². The van der Waals surface area contributed by atoms with Gasteiger partial charge in [0.05, 0.1) is 6.61 Å². The summed E-state index contributed by atoms with van der Waals surface area (Å²) in [5, 5.41) is 3.83. The van der Waals surface area contributed by atoms with E-state index < -0.39 is 0 Å². The van der Waals surface area contributed by atoms with E-state index in [9.17, 15) is 0 Å². The van der Waals surface area contributed by atoms with Crippen molar-refractivity contribution < 1.29 is 9.47 Å². The van der Waals surface area contributed by atoms with Crippen LogP contribution in [0.1, 0.15) is 26.2 Å². The number of nitrogens with one attached hydrogen (secondary N) is 1. The Kier molecular flexibility index (Phi) is 6.48. The Morgan fingerprint density at radius 2 is 1.95 bits per heavy atom. The summed E-state index contributed by atoms with van der Waals surface area (Å²) < 4.78 is 11.3. The van der Waals surface area contributed by atoms with Gasteiger partial charge in [0.15, 0.2) is 11.5 Å². The highest BCUT2D eigenvalue weighted by Crippen LogP contribution is 2.28. The fourth-order valence-corrected chi connectivity index (χ4v) is 2.96. The molecule has 3 nitrogen and oxygen atoms in total. The number of hydrogen-bond acceptors (Lipinski definition) is 3. The van der Waals surface area contributed by atoms with Gasteiger partial charge in [0.1, 0.15) is 6.61 Å². The molecule has 1 aromatic rings.